The third-order valence-corrected chi connectivity index (χ3v) is 4.58. The fraction of sp³-hybridized carbons (Fsp3) is 0.389. The average molecular weight is 424 g/mol. The van der Waals surface area contributed by atoms with E-state index < -0.39 is 23.4 Å². The standard InChI is InChI=1S/C18H19BrFN3O3/c1-9-8-23(17(25)26-18(2,3)4)16(24)11-7-12(22-14(9)11)10-5-6-21-15(19)13(10)20/h5-7,9,22H,8H2,1-4H3. The van der Waals surface area contributed by atoms with Crippen LogP contribution in [0.15, 0.2) is 22.9 Å². The van der Waals surface area contributed by atoms with Crippen LogP contribution < -0.4 is 0 Å². The van der Waals surface area contributed by atoms with E-state index in [9.17, 15) is 14.0 Å². The Bertz CT molecular complexity index is 888. The summed E-state index contributed by atoms with van der Waals surface area (Å²) < 4.78 is 19.8. The Morgan fingerprint density at radius 2 is 2.12 bits per heavy atom. The van der Waals surface area contributed by atoms with Gasteiger partial charge in [-0.15, -0.1) is 0 Å². The number of carbonyl (C=O) groups excluding carboxylic acids is 2. The first kappa shape index (κ1) is 18.6. The molecular formula is C18H19BrFN3O3. The lowest BCUT2D eigenvalue weighted by Crippen LogP contribution is -2.45. The number of aromatic nitrogens is 2. The van der Waals surface area contributed by atoms with E-state index in [1.54, 1.807) is 26.8 Å². The number of carbonyl (C=O) groups is 2. The lowest BCUT2D eigenvalue weighted by molar-refractivity contribution is 0.0220. The zero-order chi connectivity index (χ0) is 19.2. The molecule has 0 fully saturated rings. The van der Waals surface area contributed by atoms with Gasteiger partial charge in [0, 0.05) is 35.6 Å². The second-order valence-corrected chi connectivity index (χ2v) is 8.02. The van der Waals surface area contributed by atoms with Crippen molar-refractivity contribution in [2.75, 3.05) is 6.54 Å². The van der Waals surface area contributed by atoms with Crippen LogP contribution in [0.25, 0.3) is 11.3 Å². The Labute approximate surface area is 158 Å². The first-order valence-electron chi connectivity index (χ1n) is 8.16. The summed E-state index contributed by atoms with van der Waals surface area (Å²) in [5.41, 5.74) is 1.08. The van der Waals surface area contributed by atoms with Crippen molar-refractivity contribution in [2.24, 2.45) is 0 Å². The summed E-state index contributed by atoms with van der Waals surface area (Å²) in [6.07, 6.45) is 0.793. The van der Waals surface area contributed by atoms with Gasteiger partial charge >= 0.3 is 6.09 Å². The fourth-order valence-corrected chi connectivity index (χ4v) is 3.21. The number of H-pyrrole nitrogens is 1. The maximum absolute atomic E-state index is 14.3. The van der Waals surface area contributed by atoms with Gasteiger partial charge in [-0.1, -0.05) is 6.92 Å². The summed E-state index contributed by atoms with van der Waals surface area (Å²) in [7, 11) is 0. The second kappa shape index (κ2) is 6.50. The molecule has 0 aromatic carbocycles. The van der Waals surface area contributed by atoms with Gasteiger partial charge in [0.2, 0.25) is 0 Å². The number of halogens is 2. The molecule has 2 aromatic heterocycles. The van der Waals surface area contributed by atoms with Crippen LogP contribution in [0.1, 0.15) is 49.7 Å². The first-order valence-corrected chi connectivity index (χ1v) is 8.96. The van der Waals surface area contributed by atoms with Crippen molar-refractivity contribution in [1.82, 2.24) is 14.9 Å². The molecule has 1 unspecified atom stereocenters. The van der Waals surface area contributed by atoms with Crippen LogP contribution in [0.4, 0.5) is 9.18 Å². The molecule has 3 rings (SSSR count). The molecule has 0 aliphatic carbocycles. The highest BCUT2D eigenvalue weighted by molar-refractivity contribution is 9.10. The number of amides is 2. The Balaban J connectivity index is 1.98. The van der Waals surface area contributed by atoms with Crippen LogP contribution in [0.2, 0.25) is 0 Å². The van der Waals surface area contributed by atoms with E-state index in [4.69, 9.17) is 4.74 Å². The second-order valence-electron chi connectivity index (χ2n) is 7.27. The van der Waals surface area contributed by atoms with Gasteiger partial charge in [-0.05, 0) is 48.8 Å². The van der Waals surface area contributed by atoms with Crippen LogP contribution in [0.5, 0.6) is 0 Å². The number of nitrogens with zero attached hydrogens (tertiary/aromatic N) is 2. The lowest BCUT2D eigenvalue weighted by Gasteiger charge is -2.31. The maximum atomic E-state index is 14.3. The molecule has 1 atom stereocenters. The summed E-state index contributed by atoms with van der Waals surface area (Å²) in [5, 5.41) is 0. The molecule has 0 bridgehead atoms. The SMILES string of the molecule is CC1CN(C(=O)OC(C)(C)C)C(=O)c2cc(-c3ccnc(Br)c3F)[nH]c21. The molecular weight excluding hydrogens is 405 g/mol. The summed E-state index contributed by atoms with van der Waals surface area (Å²) >= 11 is 3.06. The summed E-state index contributed by atoms with van der Waals surface area (Å²) in [4.78, 5) is 33.2. The quantitative estimate of drug-likeness (QED) is 0.686. The predicted molar refractivity (Wildman–Crippen MR) is 97.4 cm³/mol. The van der Waals surface area contributed by atoms with Crippen molar-refractivity contribution in [3.63, 3.8) is 0 Å². The summed E-state index contributed by atoms with van der Waals surface area (Å²) in [6.45, 7) is 7.32. The van der Waals surface area contributed by atoms with Gasteiger partial charge in [0.15, 0.2) is 5.82 Å². The molecule has 0 saturated heterocycles. The Kier molecular flexibility index (Phi) is 4.64. The van der Waals surface area contributed by atoms with Crippen LogP contribution >= 0.6 is 15.9 Å². The molecule has 2 aromatic rings. The highest BCUT2D eigenvalue weighted by Gasteiger charge is 2.37. The number of fused-ring (bicyclic) bond motifs is 1. The van der Waals surface area contributed by atoms with Crippen molar-refractivity contribution in [3.8, 4) is 11.3 Å². The number of hydrogen-bond acceptors (Lipinski definition) is 4. The Morgan fingerprint density at radius 3 is 2.77 bits per heavy atom. The van der Waals surface area contributed by atoms with E-state index in [1.807, 2.05) is 6.92 Å². The maximum Gasteiger partial charge on any atom is 0.417 e. The van der Waals surface area contributed by atoms with E-state index in [2.05, 4.69) is 25.9 Å². The van der Waals surface area contributed by atoms with E-state index >= 15 is 0 Å². The molecule has 0 radical (unpaired) electrons. The molecule has 1 N–H and O–H groups in total. The van der Waals surface area contributed by atoms with Gasteiger partial charge in [0.05, 0.1) is 5.56 Å². The van der Waals surface area contributed by atoms with Crippen molar-refractivity contribution >= 4 is 27.9 Å². The number of hydrogen-bond donors (Lipinski definition) is 1. The molecule has 1 aliphatic rings. The number of ether oxygens (including phenoxy) is 1. The van der Waals surface area contributed by atoms with Gasteiger partial charge in [0.25, 0.3) is 5.91 Å². The normalized spacial score (nSPS) is 17.2. The van der Waals surface area contributed by atoms with Crippen molar-refractivity contribution in [2.45, 2.75) is 39.2 Å². The van der Waals surface area contributed by atoms with Crippen LogP contribution in [0, 0.1) is 5.82 Å². The minimum atomic E-state index is -0.698. The van der Waals surface area contributed by atoms with Crippen LogP contribution in [-0.2, 0) is 4.74 Å². The van der Waals surface area contributed by atoms with E-state index in [-0.39, 0.29) is 17.1 Å². The Hall–Kier alpha value is -2.22. The van der Waals surface area contributed by atoms with Crippen LogP contribution in [0.3, 0.4) is 0 Å². The minimum Gasteiger partial charge on any atom is -0.443 e. The molecule has 138 valence electrons. The van der Waals surface area contributed by atoms with Gasteiger partial charge in [-0.2, -0.15) is 0 Å². The third-order valence-electron chi connectivity index (χ3n) is 4.02. The number of nitrogens with one attached hydrogen (secondary N) is 1. The largest absolute Gasteiger partial charge is 0.443 e. The summed E-state index contributed by atoms with van der Waals surface area (Å²) in [5.74, 6) is -1.10. The number of aromatic amines is 1. The highest BCUT2D eigenvalue weighted by atomic mass is 79.9. The van der Waals surface area contributed by atoms with Crippen molar-refractivity contribution in [3.05, 3.63) is 40.0 Å². The topological polar surface area (TPSA) is 75.3 Å². The molecule has 0 saturated carbocycles. The van der Waals surface area contributed by atoms with E-state index in [0.717, 1.165) is 4.90 Å². The van der Waals surface area contributed by atoms with Crippen molar-refractivity contribution in [1.29, 1.82) is 0 Å². The third kappa shape index (κ3) is 3.38. The zero-order valence-electron chi connectivity index (χ0n) is 14.9. The minimum absolute atomic E-state index is 0.0947. The van der Waals surface area contributed by atoms with E-state index in [1.165, 1.54) is 12.3 Å². The van der Waals surface area contributed by atoms with Crippen LogP contribution in [-0.4, -0.2) is 39.0 Å². The fourth-order valence-electron chi connectivity index (χ4n) is 2.88. The molecule has 0 spiro atoms. The average Bonchev–Trinajstić information content (AvgIpc) is 2.97. The van der Waals surface area contributed by atoms with Gasteiger partial charge in [0.1, 0.15) is 10.2 Å². The summed E-state index contributed by atoms with van der Waals surface area (Å²) in [6, 6.07) is 3.09. The number of imide groups is 1. The lowest BCUT2D eigenvalue weighted by atomic mass is 9.98. The van der Waals surface area contributed by atoms with Gasteiger partial charge in [-0.25, -0.2) is 19.1 Å². The zero-order valence-corrected chi connectivity index (χ0v) is 16.5. The Morgan fingerprint density at radius 1 is 1.42 bits per heavy atom. The first-order chi connectivity index (χ1) is 12.1. The molecule has 1 aliphatic heterocycles. The molecule has 2 amide bonds. The highest BCUT2D eigenvalue weighted by Crippen LogP contribution is 2.34. The molecule has 26 heavy (non-hydrogen) atoms. The van der Waals surface area contributed by atoms with Gasteiger partial charge in [-0.3, -0.25) is 4.79 Å². The predicted octanol–water partition coefficient (Wildman–Crippen LogP) is 4.47. The van der Waals surface area contributed by atoms with Gasteiger partial charge < -0.3 is 9.72 Å². The molecule has 3 heterocycles. The molecule has 8 heteroatoms. The number of rotatable bonds is 1. The number of pyridine rings is 1. The van der Waals surface area contributed by atoms with Crippen molar-refractivity contribution < 1.29 is 18.7 Å². The molecule has 6 nitrogen and oxygen atoms in total. The van der Waals surface area contributed by atoms with E-state index in [0.29, 0.717) is 22.5 Å². The monoisotopic (exact) mass is 423 g/mol. The smallest absolute Gasteiger partial charge is 0.417 e.